The lowest BCUT2D eigenvalue weighted by molar-refractivity contribution is 0.0756. The third kappa shape index (κ3) is 2.39. The van der Waals surface area contributed by atoms with Gasteiger partial charge < -0.3 is 10.6 Å². The molecule has 3 nitrogen and oxygen atoms in total. The number of anilines is 1. The summed E-state index contributed by atoms with van der Waals surface area (Å²) in [5.74, 6) is 0.149. The van der Waals surface area contributed by atoms with Crippen LogP contribution < -0.4 is 5.73 Å². The molecule has 0 radical (unpaired) electrons. The van der Waals surface area contributed by atoms with Crippen molar-refractivity contribution in [3.8, 4) is 0 Å². The van der Waals surface area contributed by atoms with Crippen LogP contribution in [0.15, 0.2) is 0 Å². The predicted octanol–water partition coefficient (Wildman–Crippen LogP) is 3.08. The lowest BCUT2D eigenvalue weighted by Crippen LogP contribution is -2.33. The zero-order valence-corrected chi connectivity index (χ0v) is 12.1. The Morgan fingerprint density at radius 1 is 1.28 bits per heavy atom. The molecule has 1 aromatic rings. The molecule has 2 N–H and O–H groups in total. The van der Waals surface area contributed by atoms with Crippen LogP contribution in [0.1, 0.15) is 53.9 Å². The number of thiophene rings is 1. The van der Waals surface area contributed by atoms with Crippen molar-refractivity contribution >= 4 is 22.2 Å². The molecular formula is C14H22N2OS. The van der Waals surface area contributed by atoms with Crippen LogP contribution in [0.4, 0.5) is 5.00 Å². The number of fused-ring (bicyclic) bond motifs is 1. The Labute approximate surface area is 113 Å². The maximum Gasteiger partial charge on any atom is 0.257 e. The van der Waals surface area contributed by atoms with Gasteiger partial charge in [-0.15, -0.1) is 11.3 Å². The summed E-state index contributed by atoms with van der Waals surface area (Å²) in [5.41, 5.74) is 8.10. The van der Waals surface area contributed by atoms with E-state index in [0.717, 1.165) is 49.3 Å². The zero-order valence-electron chi connectivity index (χ0n) is 11.3. The minimum Gasteiger partial charge on any atom is -0.390 e. The van der Waals surface area contributed by atoms with Crippen molar-refractivity contribution in [2.45, 2.75) is 46.0 Å². The van der Waals surface area contributed by atoms with Crippen molar-refractivity contribution in [3.05, 3.63) is 16.0 Å². The molecule has 1 aliphatic rings. The third-order valence-electron chi connectivity index (χ3n) is 3.44. The van der Waals surface area contributed by atoms with E-state index in [1.54, 1.807) is 11.3 Å². The van der Waals surface area contributed by atoms with Gasteiger partial charge in [-0.2, -0.15) is 0 Å². The molecule has 0 aromatic carbocycles. The standard InChI is InChI=1S/C14H22N2OS/c1-3-8-16(9-4-2)14(17)12-10-6-5-7-11(10)18-13(12)15/h3-9,15H2,1-2H3. The first-order valence-electron chi connectivity index (χ1n) is 6.88. The molecule has 1 aliphatic carbocycles. The van der Waals surface area contributed by atoms with Crippen LogP contribution in [0.3, 0.4) is 0 Å². The number of hydrogen-bond acceptors (Lipinski definition) is 3. The number of rotatable bonds is 5. The average Bonchev–Trinajstić information content (AvgIpc) is 2.87. The van der Waals surface area contributed by atoms with Crippen molar-refractivity contribution < 1.29 is 4.79 Å². The lowest BCUT2D eigenvalue weighted by atomic mass is 10.1. The fraction of sp³-hybridized carbons (Fsp3) is 0.643. The fourth-order valence-electron chi connectivity index (χ4n) is 2.67. The Kier molecular flexibility index (Phi) is 4.27. The molecule has 0 bridgehead atoms. The normalized spacial score (nSPS) is 13.7. The van der Waals surface area contributed by atoms with Crippen molar-refractivity contribution in [1.29, 1.82) is 0 Å². The summed E-state index contributed by atoms with van der Waals surface area (Å²) < 4.78 is 0. The molecule has 0 aliphatic heterocycles. The van der Waals surface area contributed by atoms with Gasteiger partial charge in [-0.3, -0.25) is 4.79 Å². The minimum atomic E-state index is 0.149. The van der Waals surface area contributed by atoms with E-state index in [9.17, 15) is 4.79 Å². The first kappa shape index (κ1) is 13.4. The van der Waals surface area contributed by atoms with Crippen molar-refractivity contribution in [3.63, 3.8) is 0 Å². The van der Waals surface area contributed by atoms with Crippen molar-refractivity contribution in [1.82, 2.24) is 4.90 Å². The summed E-state index contributed by atoms with van der Waals surface area (Å²) in [5, 5.41) is 0.724. The second-order valence-corrected chi connectivity index (χ2v) is 6.03. The number of amides is 1. The molecule has 0 saturated carbocycles. The van der Waals surface area contributed by atoms with E-state index in [1.165, 1.54) is 16.9 Å². The number of nitrogen functional groups attached to an aromatic ring is 1. The van der Waals surface area contributed by atoms with E-state index in [2.05, 4.69) is 13.8 Å². The van der Waals surface area contributed by atoms with Gasteiger partial charge in [0.25, 0.3) is 5.91 Å². The number of nitrogens with zero attached hydrogens (tertiary/aromatic N) is 1. The van der Waals surface area contributed by atoms with E-state index < -0.39 is 0 Å². The zero-order chi connectivity index (χ0) is 13.1. The summed E-state index contributed by atoms with van der Waals surface area (Å²) in [6.07, 6.45) is 5.29. The van der Waals surface area contributed by atoms with Crippen LogP contribution in [0.2, 0.25) is 0 Å². The van der Waals surface area contributed by atoms with Gasteiger partial charge in [-0.05, 0) is 37.7 Å². The highest BCUT2D eigenvalue weighted by Crippen LogP contribution is 2.37. The quantitative estimate of drug-likeness (QED) is 0.890. The highest BCUT2D eigenvalue weighted by molar-refractivity contribution is 7.16. The summed E-state index contributed by atoms with van der Waals surface area (Å²) in [4.78, 5) is 15.9. The summed E-state index contributed by atoms with van der Waals surface area (Å²) in [7, 11) is 0. The first-order valence-corrected chi connectivity index (χ1v) is 7.69. The van der Waals surface area contributed by atoms with Gasteiger partial charge in [-0.25, -0.2) is 0 Å². The fourth-order valence-corrected chi connectivity index (χ4v) is 3.82. The maximum atomic E-state index is 12.6. The summed E-state index contributed by atoms with van der Waals surface area (Å²) >= 11 is 1.62. The van der Waals surface area contributed by atoms with E-state index in [-0.39, 0.29) is 5.91 Å². The highest BCUT2D eigenvalue weighted by Gasteiger charge is 2.27. The van der Waals surface area contributed by atoms with Gasteiger partial charge in [0.05, 0.1) is 10.6 Å². The monoisotopic (exact) mass is 266 g/mol. The van der Waals surface area contributed by atoms with Gasteiger partial charge >= 0.3 is 0 Å². The van der Waals surface area contributed by atoms with E-state index in [1.807, 2.05) is 4.90 Å². The van der Waals surface area contributed by atoms with Crippen LogP contribution in [0.5, 0.6) is 0 Å². The van der Waals surface area contributed by atoms with E-state index >= 15 is 0 Å². The molecule has 100 valence electrons. The molecule has 18 heavy (non-hydrogen) atoms. The Bertz CT molecular complexity index is 433. The molecule has 0 saturated heterocycles. The van der Waals surface area contributed by atoms with E-state index in [0.29, 0.717) is 0 Å². The van der Waals surface area contributed by atoms with Crippen molar-refractivity contribution in [2.24, 2.45) is 0 Å². The molecule has 0 spiro atoms. The van der Waals surface area contributed by atoms with Gasteiger partial charge in [0.1, 0.15) is 0 Å². The summed E-state index contributed by atoms with van der Waals surface area (Å²) in [6.45, 7) is 5.88. The Hall–Kier alpha value is -1.03. The number of nitrogens with two attached hydrogens (primary N) is 1. The van der Waals surface area contributed by atoms with Gasteiger partial charge in [0, 0.05) is 18.0 Å². The number of carbonyl (C=O) groups excluding carboxylic acids is 1. The van der Waals surface area contributed by atoms with Crippen LogP contribution in [-0.2, 0) is 12.8 Å². The SMILES string of the molecule is CCCN(CCC)C(=O)c1c(N)sc2c1CCC2. The van der Waals surface area contributed by atoms with Crippen molar-refractivity contribution in [2.75, 3.05) is 18.8 Å². The Morgan fingerprint density at radius 3 is 2.56 bits per heavy atom. The number of hydrogen-bond donors (Lipinski definition) is 1. The van der Waals surface area contributed by atoms with Gasteiger partial charge in [-0.1, -0.05) is 13.8 Å². The molecular weight excluding hydrogens is 244 g/mol. The molecule has 1 aromatic heterocycles. The topological polar surface area (TPSA) is 46.3 Å². The Balaban J connectivity index is 2.26. The van der Waals surface area contributed by atoms with Crippen LogP contribution in [0, 0.1) is 0 Å². The van der Waals surface area contributed by atoms with Gasteiger partial charge in [0.2, 0.25) is 0 Å². The van der Waals surface area contributed by atoms with Crippen LogP contribution in [0.25, 0.3) is 0 Å². The molecule has 4 heteroatoms. The molecule has 0 unspecified atom stereocenters. The minimum absolute atomic E-state index is 0.149. The predicted molar refractivity (Wildman–Crippen MR) is 77.2 cm³/mol. The molecule has 2 rings (SSSR count). The second-order valence-electron chi connectivity index (χ2n) is 4.89. The average molecular weight is 266 g/mol. The summed E-state index contributed by atoms with van der Waals surface area (Å²) in [6, 6.07) is 0. The number of aryl methyl sites for hydroxylation is 1. The van der Waals surface area contributed by atoms with Crippen LogP contribution in [-0.4, -0.2) is 23.9 Å². The first-order chi connectivity index (χ1) is 8.69. The maximum absolute atomic E-state index is 12.6. The van der Waals surface area contributed by atoms with Crippen LogP contribution >= 0.6 is 11.3 Å². The second kappa shape index (κ2) is 5.74. The largest absolute Gasteiger partial charge is 0.390 e. The Morgan fingerprint density at radius 2 is 1.94 bits per heavy atom. The van der Waals surface area contributed by atoms with Gasteiger partial charge in [0.15, 0.2) is 0 Å². The molecule has 1 amide bonds. The lowest BCUT2D eigenvalue weighted by Gasteiger charge is -2.22. The molecule has 0 fully saturated rings. The smallest absolute Gasteiger partial charge is 0.257 e. The highest BCUT2D eigenvalue weighted by atomic mass is 32.1. The third-order valence-corrected chi connectivity index (χ3v) is 4.56. The molecule has 1 heterocycles. The number of carbonyl (C=O) groups is 1. The van der Waals surface area contributed by atoms with E-state index in [4.69, 9.17) is 5.73 Å². The molecule has 0 atom stereocenters.